The van der Waals surface area contributed by atoms with Gasteiger partial charge < -0.3 is 31.7 Å². The Hall–Kier alpha value is -2.44. The van der Waals surface area contributed by atoms with Crippen molar-refractivity contribution in [3.63, 3.8) is 0 Å². The summed E-state index contributed by atoms with van der Waals surface area (Å²) in [5.41, 5.74) is 14.3. The van der Waals surface area contributed by atoms with Crippen LogP contribution in [0.15, 0.2) is 29.3 Å². The number of carbonyl (C=O) groups excluding carboxylic acids is 2. The fraction of sp³-hybridized carbons (Fsp3) is 0.727. The van der Waals surface area contributed by atoms with Crippen molar-refractivity contribution in [3.05, 3.63) is 35.4 Å². The number of nitrogens with zero attached hydrogens (tertiary/aromatic N) is 3. The zero-order valence-corrected chi connectivity index (χ0v) is 25.8. The first kappa shape index (κ1) is 31.5. The van der Waals surface area contributed by atoms with Gasteiger partial charge in [0.2, 0.25) is 5.91 Å². The summed E-state index contributed by atoms with van der Waals surface area (Å²) in [6.07, 6.45) is 6.54. The number of hydrogen-bond donors (Lipinski definition) is 4. The molecule has 1 spiro atoms. The quantitative estimate of drug-likeness (QED) is 0.345. The zero-order chi connectivity index (χ0) is 30.7. The topological polar surface area (TPSA) is 138 Å². The van der Waals surface area contributed by atoms with Crippen LogP contribution in [0.4, 0.5) is 4.39 Å². The van der Waals surface area contributed by atoms with Gasteiger partial charge in [0.25, 0.3) is 5.91 Å². The number of nitrogens with two attached hydrogens (primary N) is 2. The van der Waals surface area contributed by atoms with E-state index in [0.29, 0.717) is 31.0 Å². The largest absolute Gasteiger partial charge is 0.378 e. The number of halogens is 1. The van der Waals surface area contributed by atoms with Gasteiger partial charge in [-0.3, -0.25) is 19.5 Å². The zero-order valence-electron chi connectivity index (χ0n) is 25.8. The number of hydrogen-bond acceptors (Lipinski definition) is 8. The number of benzene rings is 1. The van der Waals surface area contributed by atoms with E-state index in [4.69, 9.17) is 16.2 Å². The Morgan fingerprint density at radius 3 is 2.43 bits per heavy atom. The maximum Gasteiger partial charge on any atom is 0.253 e. The molecule has 5 unspecified atom stereocenters. The minimum absolute atomic E-state index is 0.00737. The number of carbonyl (C=O) groups is 2. The van der Waals surface area contributed by atoms with Gasteiger partial charge in [-0.1, -0.05) is 25.0 Å². The van der Waals surface area contributed by atoms with Crippen LogP contribution in [0, 0.1) is 11.3 Å². The highest BCUT2D eigenvalue weighted by molar-refractivity contribution is 5.94. The molecule has 4 fully saturated rings. The summed E-state index contributed by atoms with van der Waals surface area (Å²) in [6, 6.07) is 7.77. The van der Waals surface area contributed by atoms with Crippen LogP contribution in [0.2, 0.25) is 0 Å². The highest BCUT2D eigenvalue weighted by Crippen LogP contribution is 2.48. The van der Waals surface area contributed by atoms with Gasteiger partial charge in [0, 0.05) is 56.5 Å². The van der Waals surface area contributed by atoms with Gasteiger partial charge in [0.05, 0.1) is 37.4 Å². The van der Waals surface area contributed by atoms with Gasteiger partial charge in [0.15, 0.2) is 0 Å². The van der Waals surface area contributed by atoms with Crippen molar-refractivity contribution >= 4 is 18.0 Å². The van der Waals surface area contributed by atoms with E-state index in [1.165, 1.54) is 6.21 Å². The Morgan fingerprint density at radius 1 is 1.05 bits per heavy atom. The third-order valence-electron chi connectivity index (χ3n) is 11.0. The van der Waals surface area contributed by atoms with Crippen molar-refractivity contribution in [1.82, 2.24) is 20.4 Å². The van der Waals surface area contributed by atoms with Crippen LogP contribution in [0.25, 0.3) is 0 Å². The molecular weight excluding hydrogens is 561 g/mol. The summed E-state index contributed by atoms with van der Waals surface area (Å²) in [7, 11) is 0. The van der Waals surface area contributed by atoms with Crippen molar-refractivity contribution < 1.29 is 18.7 Å². The molecule has 4 heterocycles. The molecule has 11 heteroatoms. The summed E-state index contributed by atoms with van der Waals surface area (Å²) in [6.45, 7) is 6.24. The molecule has 1 aromatic carbocycles. The molecule has 6 N–H and O–H groups in total. The summed E-state index contributed by atoms with van der Waals surface area (Å²) in [5.74, 6) is -0.825. The van der Waals surface area contributed by atoms with Gasteiger partial charge in [-0.25, -0.2) is 4.39 Å². The van der Waals surface area contributed by atoms with Gasteiger partial charge in [-0.05, 0) is 68.2 Å². The second-order valence-corrected chi connectivity index (χ2v) is 13.8. The third-order valence-corrected chi connectivity index (χ3v) is 11.0. The van der Waals surface area contributed by atoms with E-state index in [-0.39, 0.29) is 29.2 Å². The number of amides is 2. The number of rotatable bonds is 7. The molecule has 5 atom stereocenters. The molecule has 5 aliphatic rings. The van der Waals surface area contributed by atoms with E-state index in [2.05, 4.69) is 20.5 Å². The number of piperidine rings is 1. The van der Waals surface area contributed by atoms with Crippen LogP contribution >= 0.6 is 0 Å². The van der Waals surface area contributed by atoms with Crippen LogP contribution in [0.5, 0.6) is 0 Å². The Balaban J connectivity index is 1.11. The smallest absolute Gasteiger partial charge is 0.253 e. The molecule has 0 aromatic heterocycles. The molecular formula is C33H50FN7O3. The first-order valence-corrected chi connectivity index (χ1v) is 16.7. The monoisotopic (exact) mass is 611 g/mol. The van der Waals surface area contributed by atoms with Crippen LogP contribution in [0.1, 0.15) is 73.2 Å². The maximum atomic E-state index is 14.6. The second-order valence-electron chi connectivity index (χ2n) is 13.8. The highest BCUT2D eigenvalue weighted by Gasteiger charge is 2.43. The van der Waals surface area contributed by atoms with Crippen LogP contribution in [-0.4, -0.2) is 111 Å². The average Bonchev–Trinajstić information content (AvgIpc) is 3.46. The van der Waals surface area contributed by atoms with Crippen LogP contribution in [0.3, 0.4) is 0 Å². The Labute approximate surface area is 260 Å². The van der Waals surface area contributed by atoms with E-state index in [1.807, 2.05) is 29.2 Å². The highest BCUT2D eigenvalue weighted by atomic mass is 19.1. The van der Waals surface area contributed by atoms with E-state index in [9.17, 15) is 14.0 Å². The van der Waals surface area contributed by atoms with Gasteiger partial charge in [-0.2, -0.15) is 0 Å². The van der Waals surface area contributed by atoms with E-state index < -0.39 is 24.3 Å². The molecule has 0 radical (unpaired) electrons. The summed E-state index contributed by atoms with van der Waals surface area (Å²) in [4.78, 5) is 36.1. The Bertz CT molecular complexity index is 1160. The minimum Gasteiger partial charge on any atom is -0.378 e. The molecule has 6 rings (SSSR count). The van der Waals surface area contributed by atoms with Crippen molar-refractivity contribution in [1.29, 1.82) is 0 Å². The molecule has 4 aliphatic heterocycles. The Morgan fingerprint density at radius 2 is 1.77 bits per heavy atom. The molecule has 0 bridgehead atoms. The molecule has 10 nitrogen and oxygen atoms in total. The second kappa shape index (κ2) is 13.9. The number of aliphatic imine (C=N–C) groups is 1. The molecule has 44 heavy (non-hydrogen) atoms. The van der Waals surface area contributed by atoms with E-state index in [0.717, 1.165) is 90.0 Å². The van der Waals surface area contributed by atoms with Crippen molar-refractivity contribution in [3.8, 4) is 0 Å². The summed E-state index contributed by atoms with van der Waals surface area (Å²) < 4.78 is 19.9. The van der Waals surface area contributed by atoms with Crippen LogP contribution < -0.4 is 22.1 Å². The summed E-state index contributed by atoms with van der Waals surface area (Å²) >= 11 is 0. The summed E-state index contributed by atoms with van der Waals surface area (Å²) in [5, 5.41) is 6.68. The molecule has 242 valence electrons. The number of ether oxygens (including phenoxy) is 1. The van der Waals surface area contributed by atoms with Gasteiger partial charge in [0.1, 0.15) is 6.17 Å². The normalized spacial score (nSPS) is 31.2. The lowest BCUT2D eigenvalue weighted by Gasteiger charge is -2.42. The van der Waals surface area contributed by atoms with Crippen molar-refractivity contribution in [2.24, 2.45) is 27.8 Å². The predicted molar refractivity (Wildman–Crippen MR) is 168 cm³/mol. The fourth-order valence-corrected chi connectivity index (χ4v) is 8.19. The first-order chi connectivity index (χ1) is 21.3. The van der Waals surface area contributed by atoms with E-state index >= 15 is 0 Å². The van der Waals surface area contributed by atoms with Crippen LogP contribution in [-0.2, 0) is 9.53 Å². The standard InChI is InChI=1S/C33H50FN7O3/c34-24-7-11-33(9-1-2-10-33)17-27(38-18-24)29(30(35)36)31(42)39-28-19-37-12-8-26(28)22-3-5-23(6-4-22)32(43)41-15-13-40(14-16-41)25-20-44-21-25/h3-6,18,24-30,37H,1-2,7-17,19-21,35-36H2,(H,39,42)/b38-18-. The average molecular weight is 612 g/mol. The van der Waals surface area contributed by atoms with Gasteiger partial charge >= 0.3 is 0 Å². The molecule has 1 saturated carbocycles. The first-order valence-electron chi connectivity index (χ1n) is 16.7. The maximum absolute atomic E-state index is 14.6. The fourth-order valence-electron chi connectivity index (χ4n) is 8.19. The number of nitrogens with one attached hydrogen (secondary N) is 2. The lowest BCUT2D eigenvalue weighted by Crippen LogP contribution is -2.57. The molecule has 3 saturated heterocycles. The lowest BCUT2D eigenvalue weighted by molar-refractivity contribution is -0.127. The van der Waals surface area contributed by atoms with Crippen molar-refractivity contribution in [2.45, 2.75) is 87.7 Å². The predicted octanol–water partition coefficient (Wildman–Crippen LogP) is 1.79. The number of piperazine rings is 1. The molecule has 2 amide bonds. The molecule has 1 aromatic rings. The van der Waals surface area contributed by atoms with E-state index in [1.54, 1.807) is 0 Å². The number of alkyl halides is 1. The lowest BCUT2D eigenvalue weighted by atomic mass is 9.72. The Kier molecular flexibility index (Phi) is 9.97. The third kappa shape index (κ3) is 7.02. The van der Waals surface area contributed by atoms with Crippen molar-refractivity contribution in [2.75, 3.05) is 52.5 Å². The SMILES string of the molecule is NC(N)C(C(=O)NC1CNCCC1c1ccc(C(=O)N2CCN(C3COC3)CC2)cc1)C1CC2(CCCC2)CCC(F)/C=N\1. The van der Waals surface area contributed by atoms with Gasteiger partial charge in [-0.15, -0.1) is 0 Å². The minimum atomic E-state index is -1.11. The molecule has 1 aliphatic carbocycles.